The topological polar surface area (TPSA) is 51.2 Å². The fourth-order valence-corrected chi connectivity index (χ4v) is 4.10. The lowest BCUT2D eigenvalue weighted by molar-refractivity contribution is -0.113. The van der Waals surface area contributed by atoms with Gasteiger partial charge in [-0.25, -0.2) is 4.98 Å². The van der Waals surface area contributed by atoms with Crippen LogP contribution in [0.1, 0.15) is 0 Å². The summed E-state index contributed by atoms with van der Waals surface area (Å²) in [4.78, 5) is 16.5. The molecule has 3 aromatic rings. The van der Waals surface area contributed by atoms with Crippen LogP contribution in [0, 0.1) is 0 Å². The summed E-state index contributed by atoms with van der Waals surface area (Å²) in [7, 11) is 0. The van der Waals surface area contributed by atoms with Crippen LogP contribution in [0.25, 0.3) is 10.2 Å². The van der Waals surface area contributed by atoms with E-state index in [1.54, 1.807) is 0 Å². The van der Waals surface area contributed by atoms with Crippen molar-refractivity contribution >= 4 is 56.5 Å². The van der Waals surface area contributed by atoms with Crippen LogP contribution in [0.2, 0.25) is 5.02 Å². The van der Waals surface area contributed by atoms with Gasteiger partial charge in [0.05, 0.1) is 21.0 Å². The maximum atomic E-state index is 12.2. The molecule has 9 heteroatoms. The standard InChI is InChI=1S/C16H11ClF2N2O2S2/c17-10-7-9(5-6-12(10)23-15(18)19)20-14(22)8-24-16-21-11-3-1-2-4-13(11)25-16/h1-7,15H,8H2,(H,20,22). The Morgan fingerprint density at radius 3 is 2.84 bits per heavy atom. The average molecular weight is 401 g/mol. The number of rotatable bonds is 6. The van der Waals surface area contributed by atoms with E-state index in [1.165, 1.54) is 41.3 Å². The monoisotopic (exact) mass is 400 g/mol. The van der Waals surface area contributed by atoms with E-state index in [1.807, 2.05) is 24.3 Å². The van der Waals surface area contributed by atoms with Crippen LogP contribution in [0.4, 0.5) is 14.5 Å². The number of carbonyl (C=O) groups excluding carboxylic acids is 1. The second kappa shape index (κ2) is 7.99. The summed E-state index contributed by atoms with van der Waals surface area (Å²) in [5.41, 5.74) is 1.30. The second-order valence-electron chi connectivity index (χ2n) is 4.81. The Kier molecular flexibility index (Phi) is 5.72. The fraction of sp³-hybridized carbons (Fsp3) is 0.125. The Morgan fingerprint density at radius 2 is 2.12 bits per heavy atom. The number of aromatic nitrogens is 1. The van der Waals surface area contributed by atoms with Crippen LogP contribution in [0.15, 0.2) is 46.8 Å². The lowest BCUT2D eigenvalue weighted by Gasteiger charge is -2.09. The summed E-state index contributed by atoms with van der Waals surface area (Å²) >= 11 is 8.70. The third kappa shape index (κ3) is 4.81. The van der Waals surface area contributed by atoms with E-state index in [9.17, 15) is 13.6 Å². The summed E-state index contributed by atoms with van der Waals surface area (Å²) in [6, 6.07) is 11.8. The Morgan fingerprint density at radius 1 is 1.32 bits per heavy atom. The number of carbonyl (C=O) groups is 1. The third-order valence-electron chi connectivity index (χ3n) is 3.03. The van der Waals surface area contributed by atoms with E-state index in [0.29, 0.717) is 5.69 Å². The molecule has 0 spiro atoms. The number of ether oxygens (including phenoxy) is 1. The molecule has 1 amide bonds. The molecule has 0 atom stereocenters. The molecule has 0 aliphatic heterocycles. The zero-order valence-electron chi connectivity index (χ0n) is 12.5. The predicted octanol–water partition coefficient (Wildman–Crippen LogP) is 5.28. The van der Waals surface area contributed by atoms with Gasteiger partial charge in [0.2, 0.25) is 5.91 Å². The number of para-hydroxylation sites is 1. The molecule has 130 valence electrons. The third-order valence-corrected chi connectivity index (χ3v) is 5.51. The number of nitrogens with zero attached hydrogens (tertiary/aromatic N) is 1. The van der Waals surface area contributed by atoms with Crippen molar-refractivity contribution in [2.45, 2.75) is 11.0 Å². The molecule has 0 fully saturated rings. The molecule has 2 aromatic carbocycles. The Labute approximate surface area is 155 Å². The zero-order valence-corrected chi connectivity index (χ0v) is 14.9. The van der Waals surface area contributed by atoms with Crippen molar-refractivity contribution in [2.75, 3.05) is 11.1 Å². The number of alkyl halides is 2. The van der Waals surface area contributed by atoms with Crippen molar-refractivity contribution in [3.8, 4) is 5.75 Å². The normalized spacial score (nSPS) is 11.0. The van der Waals surface area contributed by atoms with Crippen LogP contribution in [0.5, 0.6) is 5.75 Å². The number of fused-ring (bicyclic) bond motifs is 1. The molecular formula is C16H11ClF2N2O2S2. The lowest BCUT2D eigenvalue weighted by Crippen LogP contribution is -2.14. The number of thioether (sulfide) groups is 1. The van der Waals surface area contributed by atoms with Gasteiger partial charge in [-0.1, -0.05) is 35.5 Å². The van der Waals surface area contributed by atoms with Gasteiger partial charge in [-0.3, -0.25) is 4.79 Å². The van der Waals surface area contributed by atoms with E-state index in [-0.39, 0.29) is 22.4 Å². The number of benzene rings is 2. The molecule has 0 aliphatic rings. The van der Waals surface area contributed by atoms with Gasteiger partial charge in [0, 0.05) is 5.69 Å². The quantitative estimate of drug-likeness (QED) is 0.572. The molecule has 1 heterocycles. The summed E-state index contributed by atoms with van der Waals surface area (Å²) in [6.07, 6.45) is 0. The molecular weight excluding hydrogens is 390 g/mol. The van der Waals surface area contributed by atoms with Crippen LogP contribution < -0.4 is 10.1 Å². The highest BCUT2D eigenvalue weighted by molar-refractivity contribution is 8.01. The summed E-state index contributed by atoms with van der Waals surface area (Å²) in [5.74, 6) is -0.214. The summed E-state index contributed by atoms with van der Waals surface area (Å²) in [6.45, 7) is -2.96. The first-order valence-electron chi connectivity index (χ1n) is 7.04. The van der Waals surface area contributed by atoms with Crippen LogP contribution in [-0.2, 0) is 4.79 Å². The molecule has 0 radical (unpaired) electrons. The van der Waals surface area contributed by atoms with Gasteiger partial charge in [0.15, 0.2) is 4.34 Å². The van der Waals surface area contributed by atoms with Gasteiger partial charge in [-0.05, 0) is 30.3 Å². The molecule has 25 heavy (non-hydrogen) atoms. The van der Waals surface area contributed by atoms with Crippen molar-refractivity contribution in [2.24, 2.45) is 0 Å². The molecule has 0 aliphatic carbocycles. The van der Waals surface area contributed by atoms with Crippen molar-refractivity contribution in [1.82, 2.24) is 4.98 Å². The number of hydrogen-bond acceptors (Lipinski definition) is 5. The summed E-state index contributed by atoms with van der Waals surface area (Å²) < 4.78 is 30.5. The number of anilines is 1. The molecule has 3 rings (SSSR count). The lowest BCUT2D eigenvalue weighted by atomic mass is 10.3. The number of thiazole rings is 1. The van der Waals surface area contributed by atoms with Crippen molar-refractivity contribution in [3.63, 3.8) is 0 Å². The highest BCUT2D eigenvalue weighted by atomic mass is 35.5. The van der Waals surface area contributed by atoms with Crippen LogP contribution in [0.3, 0.4) is 0 Å². The zero-order chi connectivity index (χ0) is 17.8. The maximum Gasteiger partial charge on any atom is 0.387 e. The molecule has 1 N–H and O–H groups in total. The van der Waals surface area contributed by atoms with Gasteiger partial charge < -0.3 is 10.1 Å². The van der Waals surface area contributed by atoms with E-state index < -0.39 is 6.61 Å². The molecule has 4 nitrogen and oxygen atoms in total. The van der Waals surface area contributed by atoms with Gasteiger partial charge >= 0.3 is 6.61 Å². The van der Waals surface area contributed by atoms with E-state index in [0.717, 1.165) is 14.6 Å². The number of hydrogen-bond donors (Lipinski definition) is 1. The minimum atomic E-state index is -2.96. The average Bonchev–Trinajstić information content (AvgIpc) is 2.98. The van der Waals surface area contributed by atoms with Gasteiger partial charge in [-0.2, -0.15) is 8.78 Å². The number of amides is 1. The second-order valence-corrected chi connectivity index (χ2v) is 7.47. The SMILES string of the molecule is O=C(CSc1nc2ccccc2s1)Nc1ccc(OC(F)F)c(Cl)c1. The first kappa shape index (κ1) is 17.9. The fourth-order valence-electron chi connectivity index (χ4n) is 2.01. The smallest absolute Gasteiger partial charge is 0.387 e. The molecule has 0 unspecified atom stereocenters. The Balaban J connectivity index is 1.57. The highest BCUT2D eigenvalue weighted by Gasteiger charge is 2.11. The number of halogens is 3. The largest absolute Gasteiger partial charge is 0.433 e. The van der Waals surface area contributed by atoms with Crippen molar-refractivity contribution in [3.05, 3.63) is 47.5 Å². The molecule has 0 saturated heterocycles. The molecule has 1 aromatic heterocycles. The van der Waals surface area contributed by atoms with Crippen molar-refractivity contribution < 1.29 is 18.3 Å². The Hall–Kier alpha value is -1.90. The van der Waals surface area contributed by atoms with E-state index in [4.69, 9.17) is 11.6 Å². The van der Waals surface area contributed by atoms with Crippen LogP contribution >= 0.6 is 34.7 Å². The number of nitrogens with one attached hydrogen (secondary N) is 1. The van der Waals surface area contributed by atoms with Crippen molar-refractivity contribution in [1.29, 1.82) is 0 Å². The Bertz CT molecular complexity index is 872. The summed E-state index contributed by atoms with van der Waals surface area (Å²) in [5, 5.41) is 2.65. The van der Waals surface area contributed by atoms with E-state index in [2.05, 4.69) is 15.0 Å². The first-order valence-corrected chi connectivity index (χ1v) is 9.22. The van der Waals surface area contributed by atoms with Crippen LogP contribution in [-0.4, -0.2) is 23.3 Å². The predicted molar refractivity (Wildman–Crippen MR) is 97.1 cm³/mol. The van der Waals surface area contributed by atoms with Gasteiger partial charge in [0.1, 0.15) is 5.75 Å². The molecule has 0 saturated carbocycles. The van der Waals surface area contributed by atoms with E-state index >= 15 is 0 Å². The van der Waals surface area contributed by atoms with Gasteiger partial charge in [0.25, 0.3) is 0 Å². The molecule has 0 bridgehead atoms. The minimum absolute atomic E-state index is 0.00285. The van der Waals surface area contributed by atoms with Gasteiger partial charge in [-0.15, -0.1) is 11.3 Å². The minimum Gasteiger partial charge on any atom is -0.433 e. The highest BCUT2D eigenvalue weighted by Crippen LogP contribution is 2.30. The first-order chi connectivity index (χ1) is 12.0. The maximum absolute atomic E-state index is 12.2.